The minimum atomic E-state index is -0.250. The summed E-state index contributed by atoms with van der Waals surface area (Å²) < 4.78 is 5.69. The number of rotatable bonds is 6. The normalized spacial score (nSPS) is 14.0. The smallest absolute Gasteiger partial charge is 0.290 e. The van der Waals surface area contributed by atoms with Crippen LogP contribution < -0.4 is 5.32 Å². The number of carbonyl (C=O) groups is 3. The second-order valence-corrected chi connectivity index (χ2v) is 6.48. The number of hydrogen-bond donors (Lipinski definition) is 4. The molecule has 2 aromatic heterocycles. The minimum absolute atomic E-state index is 0.171. The van der Waals surface area contributed by atoms with Crippen molar-refractivity contribution in [2.75, 3.05) is 19.6 Å². The van der Waals surface area contributed by atoms with Gasteiger partial charge in [-0.25, -0.2) is 4.98 Å². The highest BCUT2D eigenvalue weighted by atomic mass is 16.4. The van der Waals surface area contributed by atoms with Crippen molar-refractivity contribution in [1.82, 2.24) is 20.2 Å². The molecule has 0 bridgehead atoms. The van der Waals surface area contributed by atoms with Crippen molar-refractivity contribution in [3.05, 3.63) is 41.9 Å². The van der Waals surface area contributed by atoms with Crippen LogP contribution in [0.1, 0.15) is 41.9 Å². The lowest BCUT2D eigenvalue weighted by Crippen LogP contribution is -2.32. The highest BCUT2D eigenvalue weighted by molar-refractivity contribution is 5.91. The van der Waals surface area contributed by atoms with Crippen molar-refractivity contribution in [2.24, 2.45) is 5.92 Å². The Hall–Kier alpha value is -3.14. The fourth-order valence-corrected chi connectivity index (χ4v) is 2.84. The number of H-pyrrole nitrogens is 1. The van der Waals surface area contributed by atoms with Gasteiger partial charge in [0, 0.05) is 25.4 Å². The Bertz CT molecular complexity index is 702. The summed E-state index contributed by atoms with van der Waals surface area (Å²) in [6, 6.07) is 3.66. The van der Waals surface area contributed by atoms with E-state index in [-0.39, 0.29) is 18.9 Å². The van der Waals surface area contributed by atoms with Gasteiger partial charge < -0.3 is 24.9 Å². The summed E-state index contributed by atoms with van der Waals surface area (Å²) in [4.78, 5) is 38.3. The zero-order chi connectivity index (χ0) is 21.5. The Balaban J connectivity index is 0.000000626. The van der Waals surface area contributed by atoms with E-state index in [4.69, 9.17) is 24.2 Å². The van der Waals surface area contributed by atoms with Gasteiger partial charge in [-0.05, 0) is 44.0 Å². The third-order valence-electron chi connectivity index (χ3n) is 4.34. The fourth-order valence-electron chi connectivity index (χ4n) is 2.84. The van der Waals surface area contributed by atoms with E-state index in [1.807, 2.05) is 6.07 Å². The maximum absolute atomic E-state index is 12.1. The largest absolute Gasteiger partial charge is 0.483 e. The monoisotopic (exact) mass is 408 g/mol. The number of aromatic nitrogens is 2. The van der Waals surface area contributed by atoms with Crippen molar-refractivity contribution in [3.8, 4) is 0 Å². The summed E-state index contributed by atoms with van der Waals surface area (Å²) >= 11 is 0. The van der Waals surface area contributed by atoms with E-state index in [1.54, 1.807) is 18.5 Å². The van der Waals surface area contributed by atoms with Gasteiger partial charge in [-0.2, -0.15) is 0 Å². The van der Waals surface area contributed by atoms with Gasteiger partial charge >= 0.3 is 0 Å². The molecule has 1 saturated heterocycles. The standard InChI is InChI=1S/C17H24N4O2.2CH2O2/c1-13-5-10-21(11-6-13)12-14-2-3-15(23-14)17(22)20-7-4-16-18-8-9-19-16;2*2-1-3/h2-3,8-9,13H,4-7,10-12H2,1H3,(H,18,19)(H,20,22);2*1H,(H,2,3). The van der Waals surface area contributed by atoms with Gasteiger partial charge in [0.2, 0.25) is 0 Å². The number of aromatic amines is 1. The van der Waals surface area contributed by atoms with Gasteiger partial charge in [-0.3, -0.25) is 19.3 Å². The third kappa shape index (κ3) is 9.56. The van der Waals surface area contributed by atoms with Crippen LogP contribution in [0.15, 0.2) is 28.9 Å². The predicted octanol–water partition coefficient (Wildman–Crippen LogP) is 1.61. The van der Waals surface area contributed by atoms with Gasteiger partial charge in [0.1, 0.15) is 11.6 Å². The first-order valence-corrected chi connectivity index (χ1v) is 9.27. The second kappa shape index (κ2) is 13.9. The summed E-state index contributed by atoms with van der Waals surface area (Å²) in [5.41, 5.74) is 0. The SMILES string of the molecule is CC1CCN(Cc2ccc(C(=O)NCCc3ncc[nH]3)o2)CC1.O=CO.O=CO. The Labute approximate surface area is 168 Å². The molecular formula is C19H28N4O6. The predicted molar refractivity (Wildman–Crippen MR) is 104 cm³/mol. The molecule has 2 aromatic rings. The van der Waals surface area contributed by atoms with E-state index in [0.717, 1.165) is 37.1 Å². The Morgan fingerprint density at radius 2 is 1.97 bits per heavy atom. The van der Waals surface area contributed by atoms with Gasteiger partial charge in [0.25, 0.3) is 18.9 Å². The molecule has 0 aliphatic carbocycles. The van der Waals surface area contributed by atoms with Crippen LogP contribution in [0.3, 0.4) is 0 Å². The highest BCUT2D eigenvalue weighted by Crippen LogP contribution is 2.19. The topological polar surface area (TPSA) is 149 Å². The Kier molecular flexibility index (Phi) is 11.5. The quantitative estimate of drug-likeness (QED) is 0.527. The summed E-state index contributed by atoms with van der Waals surface area (Å²) in [5, 5.41) is 16.6. The molecule has 0 spiro atoms. The molecule has 1 aliphatic rings. The van der Waals surface area contributed by atoms with Gasteiger partial charge in [0.05, 0.1) is 6.54 Å². The van der Waals surface area contributed by atoms with Crippen LogP contribution in [0, 0.1) is 5.92 Å². The van der Waals surface area contributed by atoms with E-state index in [2.05, 4.69) is 27.1 Å². The number of furan rings is 1. The summed E-state index contributed by atoms with van der Waals surface area (Å²) in [7, 11) is 0. The second-order valence-electron chi connectivity index (χ2n) is 6.48. The maximum atomic E-state index is 12.1. The third-order valence-corrected chi connectivity index (χ3v) is 4.34. The van der Waals surface area contributed by atoms with E-state index in [1.165, 1.54) is 12.8 Å². The fraction of sp³-hybridized carbons (Fsp3) is 0.474. The van der Waals surface area contributed by atoms with Gasteiger partial charge in [-0.1, -0.05) is 6.92 Å². The number of hydrogen-bond acceptors (Lipinski definition) is 6. The first-order valence-electron chi connectivity index (χ1n) is 9.27. The average molecular weight is 408 g/mol. The Morgan fingerprint density at radius 1 is 1.31 bits per heavy atom. The van der Waals surface area contributed by atoms with Crippen LogP contribution in [0.4, 0.5) is 0 Å². The molecule has 1 fully saturated rings. The number of likely N-dealkylation sites (tertiary alicyclic amines) is 1. The molecule has 3 heterocycles. The number of carbonyl (C=O) groups excluding carboxylic acids is 1. The van der Waals surface area contributed by atoms with E-state index in [0.29, 0.717) is 18.7 Å². The lowest BCUT2D eigenvalue weighted by atomic mass is 9.99. The van der Waals surface area contributed by atoms with Crippen LogP contribution in [0.2, 0.25) is 0 Å². The zero-order valence-corrected chi connectivity index (χ0v) is 16.4. The molecule has 0 atom stereocenters. The van der Waals surface area contributed by atoms with Gasteiger partial charge in [0.15, 0.2) is 5.76 Å². The Morgan fingerprint density at radius 3 is 2.55 bits per heavy atom. The number of nitrogens with zero attached hydrogens (tertiary/aromatic N) is 2. The molecule has 0 aromatic carbocycles. The highest BCUT2D eigenvalue weighted by Gasteiger charge is 2.18. The number of amides is 1. The lowest BCUT2D eigenvalue weighted by Gasteiger charge is -2.29. The van der Waals surface area contributed by atoms with Crippen LogP contribution >= 0.6 is 0 Å². The summed E-state index contributed by atoms with van der Waals surface area (Å²) in [6.45, 7) is 5.33. The van der Waals surface area contributed by atoms with Crippen molar-refractivity contribution in [2.45, 2.75) is 32.7 Å². The molecule has 1 aliphatic heterocycles. The van der Waals surface area contributed by atoms with Crippen LogP contribution in [0.5, 0.6) is 0 Å². The molecule has 10 heteroatoms. The number of imidazole rings is 1. The molecule has 1 amide bonds. The summed E-state index contributed by atoms with van der Waals surface area (Å²) in [5.74, 6) is 2.75. The molecule has 3 rings (SSSR count). The molecule has 4 N–H and O–H groups in total. The summed E-state index contributed by atoms with van der Waals surface area (Å²) in [6.07, 6.45) is 6.63. The van der Waals surface area contributed by atoms with Crippen LogP contribution in [-0.2, 0) is 22.6 Å². The number of carboxylic acid groups (broad SMARTS) is 2. The van der Waals surface area contributed by atoms with Gasteiger partial charge in [-0.15, -0.1) is 0 Å². The van der Waals surface area contributed by atoms with Crippen molar-refractivity contribution < 1.29 is 29.0 Å². The molecule has 0 radical (unpaired) electrons. The first kappa shape index (κ1) is 23.9. The number of nitrogens with one attached hydrogen (secondary N) is 2. The first-order chi connectivity index (χ1) is 14.0. The van der Waals surface area contributed by atoms with E-state index >= 15 is 0 Å². The van der Waals surface area contributed by atoms with E-state index in [9.17, 15) is 4.79 Å². The molecule has 0 saturated carbocycles. The lowest BCUT2D eigenvalue weighted by molar-refractivity contribution is -0.123. The van der Waals surface area contributed by atoms with Crippen LogP contribution in [-0.4, -0.2) is 63.6 Å². The van der Waals surface area contributed by atoms with Crippen LogP contribution in [0.25, 0.3) is 0 Å². The van der Waals surface area contributed by atoms with Crippen molar-refractivity contribution in [1.29, 1.82) is 0 Å². The van der Waals surface area contributed by atoms with Crippen molar-refractivity contribution >= 4 is 18.9 Å². The molecular weight excluding hydrogens is 380 g/mol. The zero-order valence-electron chi connectivity index (χ0n) is 16.4. The molecule has 29 heavy (non-hydrogen) atoms. The minimum Gasteiger partial charge on any atom is -0.483 e. The molecule has 10 nitrogen and oxygen atoms in total. The average Bonchev–Trinajstić information content (AvgIpc) is 3.37. The molecule has 160 valence electrons. The maximum Gasteiger partial charge on any atom is 0.290 e. The van der Waals surface area contributed by atoms with Crippen molar-refractivity contribution in [3.63, 3.8) is 0 Å². The molecule has 0 unspecified atom stereocenters. The van der Waals surface area contributed by atoms with E-state index < -0.39 is 0 Å². The number of piperidine rings is 1.